The third-order valence-electron chi connectivity index (χ3n) is 1.65. The van der Waals surface area contributed by atoms with Gasteiger partial charge in [0, 0.05) is 18.0 Å². The average Bonchev–Trinajstić information content (AvgIpc) is 2.09. The summed E-state index contributed by atoms with van der Waals surface area (Å²) in [5, 5.41) is 0. The standard InChI is InChI=1S/C7H11ClNS/c1-4-6-5(2)10-7(8)9(6)3/h4H2,1-3H3/q+1. The maximum Gasteiger partial charge on any atom is 0.333 e. The molecule has 0 atom stereocenters. The van der Waals surface area contributed by atoms with Crippen molar-refractivity contribution in [3.8, 4) is 0 Å². The number of aromatic nitrogens is 1. The minimum absolute atomic E-state index is 0.870. The highest BCUT2D eigenvalue weighted by Gasteiger charge is 2.16. The number of halogens is 1. The van der Waals surface area contributed by atoms with Crippen LogP contribution in [0.3, 0.4) is 0 Å². The van der Waals surface area contributed by atoms with E-state index in [0.29, 0.717) is 0 Å². The molecule has 0 bridgehead atoms. The predicted octanol–water partition coefficient (Wildman–Crippen LogP) is 2.10. The second-order valence-corrected chi connectivity index (χ2v) is 4.06. The molecule has 1 aromatic heterocycles. The van der Waals surface area contributed by atoms with Crippen molar-refractivity contribution in [3.05, 3.63) is 15.0 Å². The van der Waals surface area contributed by atoms with E-state index in [1.807, 2.05) is 11.6 Å². The fourth-order valence-corrected chi connectivity index (χ4v) is 2.43. The monoisotopic (exact) mass is 176 g/mol. The van der Waals surface area contributed by atoms with Crippen LogP contribution in [-0.4, -0.2) is 0 Å². The van der Waals surface area contributed by atoms with E-state index < -0.39 is 0 Å². The minimum Gasteiger partial charge on any atom is -0.178 e. The number of rotatable bonds is 1. The lowest BCUT2D eigenvalue weighted by atomic mass is 10.3. The van der Waals surface area contributed by atoms with Gasteiger partial charge in [0.2, 0.25) is 0 Å². The summed E-state index contributed by atoms with van der Waals surface area (Å²) < 4.78 is 2.91. The molecule has 56 valence electrons. The van der Waals surface area contributed by atoms with Crippen molar-refractivity contribution < 1.29 is 4.57 Å². The molecule has 0 amide bonds. The second kappa shape index (κ2) is 2.89. The van der Waals surface area contributed by atoms with Crippen molar-refractivity contribution in [2.45, 2.75) is 20.3 Å². The first-order chi connectivity index (χ1) is 4.66. The molecular formula is C7H11ClNS+. The second-order valence-electron chi connectivity index (χ2n) is 2.27. The van der Waals surface area contributed by atoms with E-state index in [1.165, 1.54) is 10.6 Å². The molecule has 0 radical (unpaired) electrons. The lowest BCUT2D eigenvalue weighted by Crippen LogP contribution is -2.31. The number of hydrogen-bond acceptors (Lipinski definition) is 1. The summed E-state index contributed by atoms with van der Waals surface area (Å²) >= 11 is 7.54. The van der Waals surface area contributed by atoms with Gasteiger partial charge in [0.15, 0.2) is 5.69 Å². The van der Waals surface area contributed by atoms with E-state index in [2.05, 4.69) is 13.8 Å². The molecule has 0 saturated heterocycles. The van der Waals surface area contributed by atoms with E-state index in [-0.39, 0.29) is 0 Å². The van der Waals surface area contributed by atoms with Crippen LogP contribution in [0.5, 0.6) is 0 Å². The molecule has 0 N–H and O–H groups in total. The van der Waals surface area contributed by atoms with Crippen LogP contribution in [-0.2, 0) is 13.5 Å². The van der Waals surface area contributed by atoms with Crippen LogP contribution in [0.2, 0.25) is 4.47 Å². The summed E-state index contributed by atoms with van der Waals surface area (Å²) in [6.07, 6.45) is 1.06. The van der Waals surface area contributed by atoms with Crippen LogP contribution in [0.1, 0.15) is 17.5 Å². The third kappa shape index (κ3) is 1.18. The van der Waals surface area contributed by atoms with Crippen molar-refractivity contribution in [3.63, 3.8) is 0 Å². The van der Waals surface area contributed by atoms with Crippen LogP contribution >= 0.6 is 22.9 Å². The Kier molecular flexibility index (Phi) is 2.32. The zero-order chi connectivity index (χ0) is 7.72. The Hall–Kier alpha value is -0.0800. The lowest BCUT2D eigenvalue weighted by molar-refractivity contribution is -0.672. The van der Waals surface area contributed by atoms with Gasteiger partial charge in [0.1, 0.15) is 7.05 Å². The first-order valence-electron chi connectivity index (χ1n) is 3.30. The third-order valence-corrected chi connectivity index (χ3v) is 3.12. The fraction of sp³-hybridized carbons (Fsp3) is 0.571. The zero-order valence-electron chi connectivity index (χ0n) is 6.44. The van der Waals surface area contributed by atoms with Crippen molar-refractivity contribution in [2.75, 3.05) is 0 Å². The summed E-state index contributed by atoms with van der Waals surface area (Å²) in [4.78, 5) is 1.33. The van der Waals surface area contributed by atoms with Crippen LogP contribution < -0.4 is 4.57 Å². The molecule has 0 aliphatic carbocycles. The van der Waals surface area contributed by atoms with E-state index in [0.717, 1.165) is 10.9 Å². The number of aryl methyl sites for hydroxylation is 1. The summed E-state index contributed by atoms with van der Waals surface area (Å²) in [6, 6.07) is 0. The van der Waals surface area contributed by atoms with Gasteiger partial charge in [-0.25, -0.2) is 0 Å². The molecule has 1 rings (SSSR count). The molecule has 0 aliphatic heterocycles. The first kappa shape index (κ1) is 8.02. The van der Waals surface area contributed by atoms with Gasteiger partial charge in [-0.1, -0.05) is 18.3 Å². The van der Waals surface area contributed by atoms with Crippen LogP contribution in [0.4, 0.5) is 0 Å². The Morgan fingerprint density at radius 2 is 2.20 bits per heavy atom. The molecule has 0 saturated carbocycles. The van der Waals surface area contributed by atoms with Crippen molar-refractivity contribution >= 4 is 22.9 Å². The van der Waals surface area contributed by atoms with E-state index >= 15 is 0 Å². The van der Waals surface area contributed by atoms with Gasteiger partial charge >= 0.3 is 4.47 Å². The van der Waals surface area contributed by atoms with Gasteiger partial charge in [-0.2, -0.15) is 4.57 Å². The lowest BCUT2D eigenvalue weighted by Gasteiger charge is -1.87. The Morgan fingerprint density at radius 3 is 2.40 bits per heavy atom. The van der Waals surface area contributed by atoms with Crippen molar-refractivity contribution in [1.82, 2.24) is 0 Å². The molecule has 1 nitrogen and oxygen atoms in total. The quantitative estimate of drug-likeness (QED) is 0.577. The molecule has 1 aromatic rings. The number of hydrogen-bond donors (Lipinski definition) is 0. The molecule has 0 fully saturated rings. The highest BCUT2D eigenvalue weighted by atomic mass is 35.5. The maximum absolute atomic E-state index is 5.89. The summed E-state index contributed by atoms with van der Waals surface area (Å²) in [6.45, 7) is 4.25. The molecule has 0 aromatic carbocycles. The first-order valence-corrected chi connectivity index (χ1v) is 4.50. The molecule has 10 heavy (non-hydrogen) atoms. The van der Waals surface area contributed by atoms with Gasteiger partial charge in [-0.15, -0.1) is 0 Å². The summed E-state index contributed by atoms with van der Waals surface area (Å²) in [5.41, 5.74) is 1.34. The Bertz CT molecular complexity index is 242. The van der Waals surface area contributed by atoms with Crippen molar-refractivity contribution in [1.29, 1.82) is 0 Å². The number of thiazole rings is 1. The molecule has 0 unspecified atom stereocenters. The minimum atomic E-state index is 0.870. The van der Waals surface area contributed by atoms with Crippen LogP contribution in [0.25, 0.3) is 0 Å². The largest absolute Gasteiger partial charge is 0.333 e. The van der Waals surface area contributed by atoms with Gasteiger partial charge < -0.3 is 0 Å². The normalized spacial score (nSPS) is 10.4. The van der Waals surface area contributed by atoms with Crippen LogP contribution in [0, 0.1) is 6.92 Å². The van der Waals surface area contributed by atoms with Crippen molar-refractivity contribution in [2.24, 2.45) is 7.05 Å². The molecule has 0 spiro atoms. The summed E-state index contributed by atoms with van der Waals surface area (Å²) in [5.74, 6) is 0. The van der Waals surface area contributed by atoms with Gasteiger partial charge in [-0.3, -0.25) is 0 Å². The molecular weight excluding hydrogens is 166 g/mol. The Balaban J connectivity index is 3.20. The molecule has 1 heterocycles. The molecule has 3 heteroatoms. The SMILES string of the molecule is CCc1c(C)sc(Cl)[n+]1C. The maximum atomic E-state index is 5.89. The fourth-order valence-electron chi connectivity index (χ4n) is 1.08. The topological polar surface area (TPSA) is 3.88 Å². The van der Waals surface area contributed by atoms with Gasteiger partial charge in [-0.05, 0) is 6.92 Å². The Labute approximate surface area is 70.3 Å². The highest BCUT2D eigenvalue weighted by molar-refractivity contribution is 7.15. The van der Waals surface area contributed by atoms with Gasteiger partial charge in [0.05, 0.1) is 4.88 Å². The Morgan fingerprint density at radius 1 is 1.60 bits per heavy atom. The predicted molar refractivity (Wildman–Crippen MR) is 44.6 cm³/mol. The smallest absolute Gasteiger partial charge is 0.178 e. The summed E-state index contributed by atoms with van der Waals surface area (Å²) in [7, 11) is 2.00. The van der Waals surface area contributed by atoms with E-state index in [4.69, 9.17) is 11.6 Å². The van der Waals surface area contributed by atoms with Crippen LogP contribution in [0.15, 0.2) is 0 Å². The van der Waals surface area contributed by atoms with E-state index in [1.54, 1.807) is 11.3 Å². The average molecular weight is 177 g/mol. The highest BCUT2D eigenvalue weighted by Crippen LogP contribution is 2.19. The molecule has 0 aliphatic rings. The zero-order valence-corrected chi connectivity index (χ0v) is 8.01. The number of nitrogens with zero attached hydrogens (tertiary/aromatic N) is 1. The van der Waals surface area contributed by atoms with Gasteiger partial charge in [0.25, 0.3) is 0 Å². The van der Waals surface area contributed by atoms with E-state index in [9.17, 15) is 0 Å².